The number of carbonyl (C=O) groups excluding carboxylic acids is 1. The highest BCUT2D eigenvalue weighted by molar-refractivity contribution is 5.83. The van der Waals surface area contributed by atoms with Gasteiger partial charge in [-0.1, -0.05) is 13.8 Å². The summed E-state index contributed by atoms with van der Waals surface area (Å²) in [4.78, 5) is 10.7. The lowest BCUT2D eigenvalue weighted by molar-refractivity contribution is -0.116. The van der Waals surface area contributed by atoms with E-state index in [2.05, 4.69) is 19.2 Å². The van der Waals surface area contributed by atoms with Gasteiger partial charge >= 0.3 is 0 Å². The van der Waals surface area contributed by atoms with E-state index in [0.717, 1.165) is 6.42 Å². The van der Waals surface area contributed by atoms with Gasteiger partial charge in [-0.15, -0.1) is 0 Å². The van der Waals surface area contributed by atoms with Crippen molar-refractivity contribution in [2.45, 2.75) is 26.3 Å². The van der Waals surface area contributed by atoms with Gasteiger partial charge in [-0.3, -0.25) is 4.79 Å². The first-order valence-electron chi connectivity index (χ1n) is 3.45. The largest absolute Gasteiger partial charge is 0.307 e. The molecule has 1 atom stereocenters. The fourth-order valence-electron chi connectivity index (χ4n) is 1.11. The number of rotatable bonds is 1. The van der Waals surface area contributed by atoms with Gasteiger partial charge in [0.2, 0.25) is 0 Å². The van der Waals surface area contributed by atoms with Crippen LogP contribution in [0.5, 0.6) is 0 Å². The Bertz CT molecular complexity index is 120. The van der Waals surface area contributed by atoms with E-state index in [1.54, 1.807) is 0 Å². The highest BCUT2D eigenvalue weighted by atomic mass is 16.1. The molecule has 1 saturated heterocycles. The lowest BCUT2D eigenvalue weighted by atomic mass is 10.0. The van der Waals surface area contributed by atoms with Crippen LogP contribution in [0.3, 0.4) is 0 Å². The van der Waals surface area contributed by atoms with Gasteiger partial charge in [-0.05, 0) is 5.92 Å². The van der Waals surface area contributed by atoms with E-state index >= 15 is 0 Å². The Morgan fingerprint density at radius 2 is 2.33 bits per heavy atom. The third-order valence-corrected chi connectivity index (χ3v) is 1.81. The molecular weight excluding hydrogens is 114 g/mol. The number of ketones is 1. The molecule has 1 fully saturated rings. The van der Waals surface area contributed by atoms with Gasteiger partial charge in [0, 0.05) is 12.5 Å². The number of nitrogens with one attached hydrogen (secondary N) is 1. The summed E-state index contributed by atoms with van der Waals surface area (Å²) < 4.78 is 0. The summed E-state index contributed by atoms with van der Waals surface area (Å²) in [6.45, 7) is 4.86. The molecule has 52 valence electrons. The standard InChI is InChI=1S/C7H13NO/c1-5(2)7-3-6(9)4-8-7/h5,7-8H,3-4H2,1-2H3. The van der Waals surface area contributed by atoms with E-state index in [0.29, 0.717) is 24.3 Å². The van der Waals surface area contributed by atoms with Crippen LogP contribution in [0.4, 0.5) is 0 Å². The maximum absolute atomic E-state index is 10.7. The van der Waals surface area contributed by atoms with E-state index in [1.807, 2.05) is 0 Å². The van der Waals surface area contributed by atoms with Crippen LogP contribution in [0, 0.1) is 5.92 Å². The zero-order chi connectivity index (χ0) is 6.85. The number of Topliss-reactive ketones (excluding diaryl/α,β-unsaturated/α-hetero) is 1. The van der Waals surface area contributed by atoms with Crippen molar-refractivity contribution in [1.29, 1.82) is 0 Å². The fraction of sp³-hybridized carbons (Fsp3) is 0.857. The first-order valence-corrected chi connectivity index (χ1v) is 3.45. The molecule has 0 saturated carbocycles. The number of carbonyl (C=O) groups is 1. The summed E-state index contributed by atoms with van der Waals surface area (Å²) >= 11 is 0. The van der Waals surface area contributed by atoms with Crippen LogP contribution in [-0.2, 0) is 4.79 Å². The monoisotopic (exact) mass is 127 g/mol. The van der Waals surface area contributed by atoms with Crippen molar-refractivity contribution in [3.63, 3.8) is 0 Å². The second-order valence-electron chi connectivity index (χ2n) is 2.97. The van der Waals surface area contributed by atoms with Crippen molar-refractivity contribution in [1.82, 2.24) is 5.32 Å². The maximum Gasteiger partial charge on any atom is 0.148 e. The summed E-state index contributed by atoms with van der Waals surface area (Å²) in [6.07, 6.45) is 0.734. The Kier molecular flexibility index (Phi) is 1.86. The third kappa shape index (κ3) is 1.52. The molecule has 0 aromatic carbocycles. The van der Waals surface area contributed by atoms with Crippen LogP contribution in [-0.4, -0.2) is 18.4 Å². The average molecular weight is 127 g/mol. The SMILES string of the molecule is CC(C)C1CC(=O)CN1. The molecule has 1 rings (SSSR count). The Hall–Kier alpha value is -0.370. The molecule has 0 aliphatic carbocycles. The van der Waals surface area contributed by atoms with Crippen molar-refractivity contribution in [3.8, 4) is 0 Å². The normalized spacial score (nSPS) is 27.9. The first kappa shape index (κ1) is 6.75. The Labute approximate surface area is 55.6 Å². The van der Waals surface area contributed by atoms with E-state index in [-0.39, 0.29) is 0 Å². The van der Waals surface area contributed by atoms with Crippen molar-refractivity contribution in [2.24, 2.45) is 5.92 Å². The minimum Gasteiger partial charge on any atom is -0.307 e. The van der Waals surface area contributed by atoms with E-state index in [4.69, 9.17) is 0 Å². The van der Waals surface area contributed by atoms with Crippen LogP contribution >= 0.6 is 0 Å². The van der Waals surface area contributed by atoms with Crippen molar-refractivity contribution >= 4 is 5.78 Å². The minimum absolute atomic E-state index is 0.355. The lowest BCUT2D eigenvalue weighted by Gasteiger charge is -2.11. The summed E-state index contributed by atoms with van der Waals surface area (Å²) in [5.74, 6) is 0.949. The van der Waals surface area contributed by atoms with Gasteiger partial charge in [0.1, 0.15) is 5.78 Å². The van der Waals surface area contributed by atoms with Gasteiger partial charge in [0.25, 0.3) is 0 Å². The van der Waals surface area contributed by atoms with E-state index < -0.39 is 0 Å². The summed E-state index contributed by atoms with van der Waals surface area (Å²) in [7, 11) is 0. The molecule has 1 aliphatic rings. The van der Waals surface area contributed by atoms with Crippen LogP contribution in [0.1, 0.15) is 20.3 Å². The van der Waals surface area contributed by atoms with Gasteiger partial charge in [-0.2, -0.15) is 0 Å². The number of hydrogen-bond donors (Lipinski definition) is 1. The summed E-state index contributed by atoms with van der Waals surface area (Å²) in [5.41, 5.74) is 0. The molecule has 0 spiro atoms. The van der Waals surface area contributed by atoms with Gasteiger partial charge in [0.05, 0.1) is 6.54 Å². The second kappa shape index (κ2) is 2.48. The molecule has 1 heterocycles. The molecule has 2 heteroatoms. The molecule has 9 heavy (non-hydrogen) atoms. The van der Waals surface area contributed by atoms with Crippen LogP contribution < -0.4 is 5.32 Å². The van der Waals surface area contributed by atoms with Gasteiger partial charge in [-0.25, -0.2) is 0 Å². The third-order valence-electron chi connectivity index (χ3n) is 1.81. The van der Waals surface area contributed by atoms with Gasteiger partial charge < -0.3 is 5.32 Å². The molecule has 0 amide bonds. The van der Waals surface area contributed by atoms with E-state index in [1.165, 1.54) is 0 Å². The predicted octanol–water partition coefficient (Wildman–Crippen LogP) is 0.573. The molecule has 0 radical (unpaired) electrons. The molecule has 2 nitrogen and oxygen atoms in total. The summed E-state index contributed by atoms with van der Waals surface area (Å²) in [6, 6.07) is 0.442. The molecular formula is C7H13NO. The fourth-order valence-corrected chi connectivity index (χ4v) is 1.11. The average Bonchev–Trinajstić information content (AvgIpc) is 2.14. The minimum atomic E-state index is 0.355. The number of hydrogen-bond acceptors (Lipinski definition) is 2. The summed E-state index contributed by atoms with van der Waals surface area (Å²) in [5, 5.41) is 3.16. The second-order valence-corrected chi connectivity index (χ2v) is 2.97. The highest BCUT2D eigenvalue weighted by Gasteiger charge is 2.23. The molecule has 1 unspecified atom stereocenters. The lowest BCUT2D eigenvalue weighted by Crippen LogP contribution is -2.26. The zero-order valence-electron chi connectivity index (χ0n) is 5.98. The molecule has 0 bridgehead atoms. The highest BCUT2D eigenvalue weighted by Crippen LogP contribution is 2.10. The molecule has 0 aromatic heterocycles. The van der Waals surface area contributed by atoms with E-state index in [9.17, 15) is 4.79 Å². The topological polar surface area (TPSA) is 29.1 Å². The molecule has 1 aliphatic heterocycles. The smallest absolute Gasteiger partial charge is 0.148 e. The predicted molar refractivity (Wildman–Crippen MR) is 36.3 cm³/mol. The van der Waals surface area contributed by atoms with Crippen molar-refractivity contribution < 1.29 is 4.79 Å². The first-order chi connectivity index (χ1) is 4.20. The quantitative estimate of drug-likeness (QED) is 0.558. The van der Waals surface area contributed by atoms with Crippen molar-refractivity contribution in [3.05, 3.63) is 0 Å². The van der Waals surface area contributed by atoms with Crippen LogP contribution in [0.2, 0.25) is 0 Å². The zero-order valence-corrected chi connectivity index (χ0v) is 5.98. The Morgan fingerprint density at radius 3 is 2.56 bits per heavy atom. The maximum atomic E-state index is 10.7. The van der Waals surface area contributed by atoms with Gasteiger partial charge in [0.15, 0.2) is 0 Å². The van der Waals surface area contributed by atoms with Crippen LogP contribution in [0.15, 0.2) is 0 Å². The molecule has 0 aromatic rings. The Morgan fingerprint density at radius 1 is 1.67 bits per heavy atom. The molecule has 1 N–H and O–H groups in total. The van der Waals surface area contributed by atoms with Crippen molar-refractivity contribution in [2.75, 3.05) is 6.54 Å². The van der Waals surface area contributed by atoms with Crippen LogP contribution in [0.25, 0.3) is 0 Å². The Balaban J connectivity index is 2.39.